The van der Waals surface area contributed by atoms with Crippen molar-refractivity contribution in [3.05, 3.63) is 0 Å². The zero-order valence-electron chi connectivity index (χ0n) is 81.3. The van der Waals surface area contributed by atoms with E-state index in [0.29, 0.717) is 0 Å². The summed E-state index contributed by atoms with van der Waals surface area (Å²) in [6.07, 6.45) is -24.6. The maximum Gasteiger partial charge on any atom is 0.326 e. The van der Waals surface area contributed by atoms with Crippen molar-refractivity contribution in [3.63, 3.8) is 0 Å². The van der Waals surface area contributed by atoms with Crippen LogP contribution in [-0.4, -0.2) is 349 Å². The summed E-state index contributed by atoms with van der Waals surface area (Å²) in [6, 6.07) is -4.88. The van der Waals surface area contributed by atoms with Crippen LogP contribution in [0.1, 0.15) is 194 Å². The van der Waals surface area contributed by atoms with Crippen LogP contribution in [0, 0.1) is 10.8 Å². The predicted octanol–water partition coefficient (Wildman–Crippen LogP) is 0.241. The topological polar surface area (TPSA) is 717 Å². The average molecular weight is 2100 g/mol. The van der Waals surface area contributed by atoms with Crippen molar-refractivity contribution >= 4 is 184 Å². The van der Waals surface area contributed by atoms with Gasteiger partial charge in [0.05, 0.1) is 0 Å². The first-order valence-corrected chi connectivity index (χ1v) is 48.9. The van der Waals surface area contributed by atoms with Crippen LogP contribution in [0.15, 0.2) is 0 Å². The Balaban J connectivity index is 0.0000257. The molecule has 0 radical (unpaired) electrons. The summed E-state index contributed by atoms with van der Waals surface area (Å²) in [7, 11) is 0. The minimum atomic E-state index is -1.67. The number of nitrogens with zero attached hydrogens (tertiary/aromatic N) is 2. The molecule has 52 nitrogen and oxygen atoms in total. The number of carboxylic acids is 1. The Morgan fingerprint density at radius 2 is 0.444 bits per heavy atom. The fraction of sp³-hybridized carbons (Fsp3) is 0.733. The molecule has 23 atom stereocenters. The van der Waals surface area contributed by atoms with Gasteiger partial charge >= 0.3 is 101 Å². The van der Waals surface area contributed by atoms with Gasteiger partial charge in [-0.25, -0.2) is 4.79 Å². The van der Waals surface area contributed by atoms with E-state index >= 15 is 4.79 Å². The van der Waals surface area contributed by atoms with Crippen LogP contribution in [0.3, 0.4) is 0 Å². The maximum atomic E-state index is 15.1. The van der Waals surface area contributed by atoms with Crippen molar-refractivity contribution in [1.29, 1.82) is 10.8 Å². The molecule has 0 saturated carbocycles. The van der Waals surface area contributed by atoms with E-state index in [1.54, 1.807) is 0 Å². The molecule has 4 rings (SSSR count). The van der Waals surface area contributed by atoms with Gasteiger partial charge in [-0.2, -0.15) is 0 Å². The molecule has 798 valence electrons. The largest absolute Gasteiger partial charge is 0.480 e. The SMILES string of the molecule is CC(=O)OC[C@H]1O[C@H](SCCC(=O)NCCCC[C@H](NC(=O)[C@H](CCCCNC(=O)CCS[C@H]2O[C@H](COC(C)=O)[C@@H](OC(C)=O)[C@H](OC(C)=O)[C@@H]2OC(C)=O)NC(=O)[C@H](CCCCNC(=O)CCS[C@H]2O[C@H](COC(C)=O)[C@@H](OC(C)=O)[C@H](OC(C)=O)[C@@H]2OC(C)=O)NC(=O)CCS[C@H]2O[C@H](COC(C)=O)[C@@H](OC(C)=O)[C@H](OC(C)=O)[C@@H]2OC(C)=O)C(=O)O)[C@@H](OC(C)=O)[C@@H](OC(C)=O)[C@@H]1OC(C)=O.N#N. The third kappa shape index (κ3) is 48.0. The molecule has 0 aliphatic carbocycles. The number of nitrogens with one attached hydrogen (secondary N) is 6. The van der Waals surface area contributed by atoms with E-state index in [4.69, 9.17) is 106 Å². The monoisotopic (exact) mass is 2100 g/mol. The van der Waals surface area contributed by atoms with Gasteiger partial charge in [0.25, 0.3) is 0 Å². The maximum absolute atomic E-state index is 15.1. The Labute approximate surface area is 833 Å². The zero-order valence-corrected chi connectivity index (χ0v) is 84.5. The number of hydrogen-bond donors (Lipinski definition) is 7. The Morgan fingerprint density at radius 3 is 0.655 bits per heavy atom. The third-order valence-corrected chi connectivity index (χ3v) is 24.5. The minimum Gasteiger partial charge on any atom is -0.480 e. The first-order chi connectivity index (χ1) is 66.9. The lowest BCUT2D eigenvalue weighted by molar-refractivity contribution is -0.237. The molecular weight excluding hydrogens is 1980 g/mol. The molecule has 0 unspecified atom stereocenters. The van der Waals surface area contributed by atoms with E-state index < -0.39 is 307 Å². The normalized spacial score (nSPS) is 24.2. The van der Waals surface area contributed by atoms with Crippen LogP contribution >= 0.6 is 47.0 Å². The Kier molecular flexibility index (Phi) is 57.6. The molecule has 0 aromatic rings. The standard InChI is InChI=1S/C86H126N6O44S4.N2/c1-41(93)117-37-60-68(121-45(5)97)72(125-49(9)101)76(129-53(13)105)83(133-60)137-33-26-64(109)87-30-20-17-23-57(90-67(112)29-36-140-86-79(132-56(16)108)75(128-52(12)104)71(124-48(8)100)63(136-86)40-120-44(4)96)80(113)91-58(24-18-21-31-88-65(110)27-34-138-84-77(130-54(14)106)73(126-50(10)102)69(122-46(6)98)61(134-84)38-118-42(2)94)81(114)92-59(82(115)116)25-19-22-32-89-66(111)28-35-139-85-78(131-55(15)107)74(127-51(11)103)70(123-47(7)99)62(135-85)39-119-43(3)95;1-2/h57-63,68-79,83-86H,17-40H2,1-16H3,(H,87,109)(H,88,110)(H,89,111)(H,90,112)(H,91,113)(H,92,114)(H,115,116);/t57-,58-,59-,60+,61+,62+,63+,68+,69+,70+,71+,72-,73-,74-,75-,76-,77-,78-,79-,83+,84+,85+,86+;/m0./s1. The average Bonchev–Trinajstić information content (AvgIpc) is 0.798. The lowest BCUT2D eigenvalue weighted by Gasteiger charge is -2.44. The number of aliphatic carboxylic acids is 1. The number of esters is 16. The minimum absolute atomic E-state index is 0.00934. The summed E-state index contributed by atoms with van der Waals surface area (Å²) >= 11 is 3.62. The number of hydrogen-bond acceptors (Lipinski definition) is 49. The number of ether oxygens (including phenoxy) is 20. The first-order valence-electron chi connectivity index (χ1n) is 44.7. The summed E-state index contributed by atoms with van der Waals surface area (Å²) < 4.78 is 111. The highest BCUT2D eigenvalue weighted by Gasteiger charge is 2.57. The number of rotatable bonds is 57. The molecule has 0 bridgehead atoms. The fourth-order valence-electron chi connectivity index (χ4n) is 14.3. The van der Waals surface area contributed by atoms with Crippen molar-refractivity contribution in [3.8, 4) is 0 Å². The van der Waals surface area contributed by atoms with Crippen LogP contribution in [0.5, 0.6) is 0 Å². The molecule has 4 heterocycles. The smallest absolute Gasteiger partial charge is 0.326 e. The van der Waals surface area contributed by atoms with Gasteiger partial charge in [0, 0.05) is 190 Å². The van der Waals surface area contributed by atoms with Gasteiger partial charge in [-0.3, -0.25) is 105 Å². The molecule has 4 aliphatic heterocycles. The van der Waals surface area contributed by atoms with Crippen molar-refractivity contribution in [2.24, 2.45) is 0 Å². The van der Waals surface area contributed by atoms with Gasteiger partial charge in [0.15, 0.2) is 73.2 Å². The van der Waals surface area contributed by atoms with E-state index in [-0.39, 0.29) is 120 Å². The van der Waals surface area contributed by atoms with Crippen LogP contribution in [-0.2, 0) is 205 Å². The fourth-order valence-corrected chi connectivity index (χ4v) is 19.0. The Morgan fingerprint density at radius 1 is 0.254 bits per heavy atom. The van der Waals surface area contributed by atoms with E-state index in [1.165, 1.54) is 0 Å². The third-order valence-electron chi connectivity index (χ3n) is 19.9. The molecule has 142 heavy (non-hydrogen) atoms. The van der Waals surface area contributed by atoms with Crippen LogP contribution in [0.4, 0.5) is 0 Å². The number of carboxylic acid groups (broad SMARTS) is 1. The molecule has 0 aromatic heterocycles. The predicted molar refractivity (Wildman–Crippen MR) is 484 cm³/mol. The lowest BCUT2D eigenvalue weighted by Crippen LogP contribution is -2.61. The van der Waals surface area contributed by atoms with Crippen LogP contribution in [0.25, 0.3) is 0 Å². The molecule has 0 aromatic carbocycles. The first kappa shape index (κ1) is 125. The quantitative estimate of drug-likeness (QED) is 0.0186. The van der Waals surface area contributed by atoms with Gasteiger partial charge in [-0.1, -0.05) is 0 Å². The Hall–Kier alpha value is -11.5. The molecule has 0 spiro atoms. The van der Waals surface area contributed by atoms with Gasteiger partial charge < -0.3 is 132 Å². The zero-order chi connectivity index (χ0) is 107. The number of thioether (sulfide) groups is 4. The second kappa shape index (κ2) is 65.6. The number of amides is 6. The van der Waals surface area contributed by atoms with E-state index in [0.717, 1.165) is 158 Å². The summed E-state index contributed by atoms with van der Waals surface area (Å²) in [5.41, 5.74) is -5.00. The van der Waals surface area contributed by atoms with Crippen molar-refractivity contribution in [2.75, 3.05) is 69.1 Å². The summed E-state index contributed by atoms with van der Waals surface area (Å²) in [4.78, 5) is 295. The summed E-state index contributed by atoms with van der Waals surface area (Å²) in [5, 5.41) is 38.5. The molecule has 56 heteroatoms. The van der Waals surface area contributed by atoms with Gasteiger partial charge in [-0.05, 0) is 57.8 Å². The van der Waals surface area contributed by atoms with Crippen molar-refractivity contribution < 1.29 is 210 Å². The number of unbranched alkanes of at least 4 members (excludes halogenated alkanes) is 3. The molecular formula is C86H126N8O44S4. The summed E-state index contributed by atoms with van der Waals surface area (Å²) in [6.45, 7) is 14.6. The second-order valence-electron chi connectivity index (χ2n) is 31.9. The van der Waals surface area contributed by atoms with Gasteiger partial charge in [-0.15, -0.1) is 47.0 Å². The van der Waals surface area contributed by atoms with Crippen molar-refractivity contribution in [2.45, 2.75) is 332 Å². The van der Waals surface area contributed by atoms with E-state index in [2.05, 4.69) is 31.9 Å². The number of carbonyl (C=O) groups is 23. The summed E-state index contributed by atoms with van der Waals surface area (Å²) in [5.74, 6) is -20.1. The highest BCUT2D eigenvalue weighted by atomic mass is 32.2. The lowest BCUT2D eigenvalue weighted by atomic mass is 9.99. The van der Waals surface area contributed by atoms with Crippen LogP contribution < -0.4 is 31.9 Å². The van der Waals surface area contributed by atoms with Crippen molar-refractivity contribution in [1.82, 2.24) is 31.9 Å². The Bertz CT molecular complexity index is 4340. The van der Waals surface area contributed by atoms with E-state index in [1.807, 2.05) is 0 Å². The molecule has 4 aliphatic rings. The highest BCUT2D eigenvalue weighted by Crippen LogP contribution is 2.40. The highest BCUT2D eigenvalue weighted by molar-refractivity contribution is 8.00. The number of carbonyl (C=O) groups excluding carboxylic acids is 22. The second-order valence-corrected chi connectivity index (χ2v) is 36.7. The van der Waals surface area contributed by atoms with E-state index in [9.17, 15) is 111 Å². The van der Waals surface area contributed by atoms with Gasteiger partial charge in [0.2, 0.25) is 35.4 Å². The molecule has 4 saturated heterocycles. The van der Waals surface area contributed by atoms with Gasteiger partial charge in [0.1, 0.15) is 90.7 Å². The molecule has 4 fully saturated rings. The molecule has 7 N–H and O–H groups in total. The molecule has 6 amide bonds. The van der Waals surface area contributed by atoms with Crippen LogP contribution in [0.2, 0.25) is 0 Å².